The maximum Gasteiger partial charge on any atom is 0.266 e. The fourth-order valence-corrected chi connectivity index (χ4v) is 4.25. The van der Waals surface area contributed by atoms with Gasteiger partial charge in [-0.2, -0.15) is 0 Å². The summed E-state index contributed by atoms with van der Waals surface area (Å²) in [7, 11) is 1.59. The van der Waals surface area contributed by atoms with Crippen LogP contribution >= 0.6 is 0 Å². The molecule has 1 aromatic carbocycles. The van der Waals surface area contributed by atoms with E-state index < -0.39 is 5.54 Å². The van der Waals surface area contributed by atoms with Gasteiger partial charge in [-0.25, -0.2) is 4.99 Å². The van der Waals surface area contributed by atoms with Crippen molar-refractivity contribution in [3.63, 3.8) is 0 Å². The van der Waals surface area contributed by atoms with Crippen LogP contribution in [0.4, 0.5) is 5.69 Å². The molecule has 0 spiro atoms. The number of aliphatic imine (C=N–C) groups is 1. The van der Waals surface area contributed by atoms with Crippen molar-refractivity contribution in [2.24, 2.45) is 10.7 Å². The number of nitrogens with one attached hydrogen (secondary N) is 1. The lowest BCUT2D eigenvalue weighted by Crippen LogP contribution is -2.41. The first-order valence-corrected chi connectivity index (χ1v) is 10.8. The molecule has 0 aromatic heterocycles. The molecular weight excluding hydrogens is 394 g/mol. The van der Waals surface area contributed by atoms with Gasteiger partial charge in [-0.3, -0.25) is 19.3 Å². The van der Waals surface area contributed by atoms with E-state index in [0.29, 0.717) is 37.1 Å². The highest BCUT2D eigenvalue weighted by Crippen LogP contribution is 2.45. The Balaban J connectivity index is 2.08. The second-order valence-corrected chi connectivity index (χ2v) is 7.95. The number of hydrogen-bond acceptors (Lipinski definition) is 6. The van der Waals surface area contributed by atoms with E-state index >= 15 is 0 Å². The van der Waals surface area contributed by atoms with Gasteiger partial charge in [0.15, 0.2) is 17.3 Å². The van der Waals surface area contributed by atoms with E-state index in [-0.39, 0.29) is 29.6 Å². The van der Waals surface area contributed by atoms with E-state index in [1.165, 1.54) is 4.90 Å². The number of amides is 2. The number of nitrogens with zero attached hydrogens (tertiary/aromatic N) is 3. The zero-order chi connectivity index (χ0) is 22.8. The molecule has 1 aromatic rings. The number of nitrogens with two attached hydrogens (primary N) is 1. The number of carbonyl (C=O) groups excluding carboxylic acids is 3. The number of likely N-dealkylation sites (N-methyl/N-ethyl adjacent to an activating group) is 2. The van der Waals surface area contributed by atoms with Crippen molar-refractivity contribution >= 4 is 29.2 Å². The number of anilines is 1. The number of benzene rings is 1. The topological polar surface area (TPSA) is 108 Å². The highest BCUT2D eigenvalue weighted by molar-refractivity contribution is 6.09. The number of guanidine groups is 1. The average molecular weight is 426 g/mol. The predicted octanol–water partition coefficient (Wildman–Crippen LogP) is 2.36. The molecule has 2 aliphatic heterocycles. The van der Waals surface area contributed by atoms with Crippen molar-refractivity contribution in [2.45, 2.75) is 58.0 Å². The lowest BCUT2D eigenvalue weighted by atomic mass is 9.80. The summed E-state index contributed by atoms with van der Waals surface area (Å²) in [6.07, 6.45) is 3.87. The number of Topliss-reactive ketones (excluding diaryl/α,β-unsaturated/α-hetero) is 1. The summed E-state index contributed by atoms with van der Waals surface area (Å²) >= 11 is 0. The predicted molar refractivity (Wildman–Crippen MR) is 120 cm³/mol. The Morgan fingerprint density at radius 3 is 2.61 bits per heavy atom. The van der Waals surface area contributed by atoms with Crippen LogP contribution in [0.5, 0.6) is 0 Å². The van der Waals surface area contributed by atoms with Gasteiger partial charge in [0.05, 0.1) is 6.04 Å². The van der Waals surface area contributed by atoms with E-state index in [0.717, 1.165) is 12.0 Å². The molecule has 2 atom stereocenters. The van der Waals surface area contributed by atoms with Gasteiger partial charge in [0.2, 0.25) is 5.91 Å². The van der Waals surface area contributed by atoms with Crippen LogP contribution in [0.25, 0.3) is 0 Å². The Hall–Kier alpha value is -3.16. The number of rotatable bonds is 8. The van der Waals surface area contributed by atoms with E-state index in [2.05, 4.69) is 10.3 Å². The van der Waals surface area contributed by atoms with Crippen molar-refractivity contribution in [3.05, 3.63) is 41.6 Å². The minimum atomic E-state index is -1.35. The van der Waals surface area contributed by atoms with Crippen molar-refractivity contribution in [2.75, 3.05) is 18.9 Å². The van der Waals surface area contributed by atoms with Crippen LogP contribution in [0.1, 0.15) is 52.0 Å². The molecule has 3 rings (SSSR count). The van der Waals surface area contributed by atoms with Crippen LogP contribution in [0.15, 0.2) is 41.0 Å². The van der Waals surface area contributed by atoms with E-state index in [9.17, 15) is 14.4 Å². The molecule has 2 unspecified atom stereocenters. The van der Waals surface area contributed by atoms with E-state index in [4.69, 9.17) is 5.73 Å². The summed E-state index contributed by atoms with van der Waals surface area (Å²) in [5, 5.41) is 2.88. The number of hydrogen-bond donors (Lipinski definition) is 2. The van der Waals surface area contributed by atoms with Crippen LogP contribution in [0.2, 0.25) is 0 Å². The van der Waals surface area contributed by atoms with Gasteiger partial charge < -0.3 is 16.0 Å². The number of carbonyl (C=O) groups is 3. The summed E-state index contributed by atoms with van der Waals surface area (Å²) in [6.45, 7) is 6.41. The molecule has 31 heavy (non-hydrogen) atoms. The average Bonchev–Trinajstić information content (AvgIpc) is 3.29. The standard InChI is InChI=1S/C23H31N5O3/c1-5-9-20(30)25-17-11-8-10-15(12-17)23(21(31)27(4)22(24)26-23)16-13-18(19(29)6-2)28(7-3)14-16/h8,10-12,14,18H,5-7,9,13H2,1-4H3,(H2,24,26)(H,25,30). The van der Waals surface area contributed by atoms with Crippen LogP contribution in [-0.4, -0.2) is 53.0 Å². The molecule has 0 saturated heterocycles. The van der Waals surface area contributed by atoms with Crippen LogP contribution in [0, 0.1) is 0 Å². The van der Waals surface area contributed by atoms with Crippen molar-refractivity contribution in [3.8, 4) is 0 Å². The van der Waals surface area contributed by atoms with E-state index in [1.807, 2.05) is 37.9 Å². The second-order valence-electron chi connectivity index (χ2n) is 7.95. The van der Waals surface area contributed by atoms with Gasteiger partial charge in [-0.05, 0) is 36.6 Å². The zero-order valence-corrected chi connectivity index (χ0v) is 18.6. The third kappa shape index (κ3) is 3.94. The molecular formula is C23H31N5O3. The minimum Gasteiger partial charge on any atom is -0.369 e. The van der Waals surface area contributed by atoms with Crippen molar-refractivity contribution in [1.29, 1.82) is 0 Å². The largest absolute Gasteiger partial charge is 0.369 e. The highest BCUT2D eigenvalue weighted by Gasteiger charge is 2.53. The molecule has 166 valence electrons. The zero-order valence-electron chi connectivity index (χ0n) is 18.6. The summed E-state index contributed by atoms with van der Waals surface area (Å²) < 4.78 is 0. The molecule has 2 amide bonds. The summed E-state index contributed by atoms with van der Waals surface area (Å²) in [5.74, 6) is -0.106. The normalized spacial score (nSPS) is 23.1. The summed E-state index contributed by atoms with van der Waals surface area (Å²) in [5.41, 5.74) is 6.67. The molecule has 0 aliphatic carbocycles. The molecule has 3 N–H and O–H groups in total. The van der Waals surface area contributed by atoms with Crippen LogP contribution in [-0.2, 0) is 19.9 Å². The molecule has 0 saturated carbocycles. The molecule has 0 fully saturated rings. The molecule has 8 nitrogen and oxygen atoms in total. The van der Waals surface area contributed by atoms with Gasteiger partial charge >= 0.3 is 0 Å². The van der Waals surface area contributed by atoms with Gasteiger partial charge in [-0.15, -0.1) is 0 Å². The maximum absolute atomic E-state index is 13.5. The van der Waals surface area contributed by atoms with Gasteiger partial charge in [-0.1, -0.05) is 26.0 Å². The molecule has 0 radical (unpaired) electrons. The Kier molecular flexibility index (Phi) is 6.48. The van der Waals surface area contributed by atoms with Crippen LogP contribution < -0.4 is 11.1 Å². The summed E-state index contributed by atoms with van der Waals surface area (Å²) in [6, 6.07) is 6.84. The summed E-state index contributed by atoms with van der Waals surface area (Å²) in [4.78, 5) is 46.1. The van der Waals surface area contributed by atoms with Gasteiger partial charge in [0.1, 0.15) is 0 Å². The first kappa shape index (κ1) is 22.5. The van der Waals surface area contributed by atoms with Crippen molar-refractivity contribution < 1.29 is 14.4 Å². The lowest BCUT2D eigenvalue weighted by molar-refractivity contribution is -0.129. The first-order valence-electron chi connectivity index (χ1n) is 10.8. The van der Waals surface area contributed by atoms with E-state index in [1.54, 1.807) is 25.2 Å². The fourth-order valence-electron chi connectivity index (χ4n) is 4.25. The third-order valence-corrected chi connectivity index (χ3v) is 5.97. The van der Waals surface area contributed by atoms with Gasteiger partial charge in [0, 0.05) is 44.7 Å². The Labute approximate surface area is 183 Å². The van der Waals surface area contributed by atoms with Crippen molar-refractivity contribution in [1.82, 2.24) is 9.80 Å². The molecule has 0 bridgehead atoms. The minimum absolute atomic E-state index is 0.0857. The Morgan fingerprint density at radius 1 is 1.29 bits per heavy atom. The SMILES string of the molecule is CCCC(=O)Nc1cccc(C2(C3=CN(CC)C(C(=O)CC)C3)N=C(N)N(C)C2=O)c1. The quantitative estimate of drug-likeness (QED) is 0.665. The van der Waals surface area contributed by atoms with Gasteiger partial charge in [0.25, 0.3) is 5.91 Å². The highest BCUT2D eigenvalue weighted by atomic mass is 16.2. The third-order valence-electron chi connectivity index (χ3n) is 5.97. The Morgan fingerprint density at radius 2 is 2.03 bits per heavy atom. The smallest absolute Gasteiger partial charge is 0.266 e. The molecule has 2 heterocycles. The second kappa shape index (κ2) is 8.91. The molecule has 2 aliphatic rings. The Bertz CT molecular complexity index is 954. The first-order chi connectivity index (χ1) is 14.8. The monoisotopic (exact) mass is 425 g/mol. The maximum atomic E-state index is 13.5. The molecule has 8 heteroatoms. The number of ketones is 1. The fraction of sp³-hybridized carbons (Fsp3) is 0.478. The lowest BCUT2D eigenvalue weighted by Gasteiger charge is -2.27. The van der Waals surface area contributed by atoms with Crippen LogP contribution in [0.3, 0.4) is 0 Å².